The lowest BCUT2D eigenvalue weighted by molar-refractivity contribution is 0.353. The highest BCUT2D eigenvalue weighted by atomic mass is 32.2. The van der Waals surface area contributed by atoms with Crippen molar-refractivity contribution in [1.29, 1.82) is 0 Å². The van der Waals surface area contributed by atoms with Gasteiger partial charge in [0.15, 0.2) is 0 Å². The van der Waals surface area contributed by atoms with Crippen LogP contribution in [0.15, 0.2) is 41.1 Å². The molecule has 0 unspecified atom stereocenters. The summed E-state index contributed by atoms with van der Waals surface area (Å²) in [6, 6.07) is 9.61. The van der Waals surface area contributed by atoms with E-state index in [2.05, 4.69) is 21.4 Å². The fourth-order valence-electron chi connectivity index (χ4n) is 2.09. The zero-order valence-corrected chi connectivity index (χ0v) is 12.5. The van der Waals surface area contributed by atoms with Crippen LogP contribution >= 0.6 is 11.8 Å². The normalized spacial score (nSPS) is 12.7. The summed E-state index contributed by atoms with van der Waals surface area (Å²) in [5.74, 6) is 2.03. The predicted molar refractivity (Wildman–Crippen MR) is 85.0 cm³/mol. The number of nitrogens with two attached hydrogens (primary N) is 1. The van der Waals surface area contributed by atoms with Crippen LogP contribution in [-0.4, -0.2) is 27.1 Å². The SMILES string of the molecule is CSCC[C@@H](N)c1nc(-c2ccc3ncccc3c2)no1. The van der Waals surface area contributed by atoms with Gasteiger partial charge in [0.1, 0.15) is 0 Å². The van der Waals surface area contributed by atoms with Gasteiger partial charge in [0.05, 0.1) is 11.6 Å². The van der Waals surface area contributed by atoms with Crippen LogP contribution in [0.4, 0.5) is 0 Å². The van der Waals surface area contributed by atoms with Crippen molar-refractivity contribution in [3.63, 3.8) is 0 Å². The first-order valence-corrected chi connectivity index (χ1v) is 8.10. The first kappa shape index (κ1) is 14.0. The summed E-state index contributed by atoms with van der Waals surface area (Å²) in [6.07, 6.45) is 4.65. The second-order valence-corrected chi connectivity index (χ2v) is 5.74. The lowest BCUT2D eigenvalue weighted by Crippen LogP contribution is -2.11. The molecule has 0 bridgehead atoms. The number of nitrogens with zero attached hydrogens (tertiary/aromatic N) is 3. The summed E-state index contributed by atoms with van der Waals surface area (Å²) in [5, 5.41) is 5.08. The minimum absolute atomic E-state index is 0.208. The molecule has 2 aromatic heterocycles. The molecule has 5 nitrogen and oxygen atoms in total. The Kier molecular flexibility index (Phi) is 4.17. The summed E-state index contributed by atoms with van der Waals surface area (Å²) < 4.78 is 5.28. The van der Waals surface area contributed by atoms with E-state index in [1.54, 1.807) is 18.0 Å². The summed E-state index contributed by atoms with van der Waals surface area (Å²) in [6.45, 7) is 0. The Bertz CT molecular complexity index is 743. The van der Waals surface area contributed by atoms with Gasteiger partial charge >= 0.3 is 0 Å². The average molecular weight is 300 g/mol. The molecule has 0 spiro atoms. The Morgan fingerprint density at radius 2 is 2.24 bits per heavy atom. The highest BCUT2D eigenvalue weighted by Crippen LogP contribution is 2.23. The van der Waals surface area contributed by atoms with Gasteiger partial charge in [-0.05, 0) is 42.7 Å². The quantitative estimate of drug-likeness (QED) is 0.780. The van der Waals surface area contributed by atoms with E-state index < -0.39 is 0 Å². The Morgan fingerprint density at radius 1 is 1.33 bits per heavy atom. The molecule has 3 rings (SSSR count). The van der Waals surface area contributed by atoms with Gasteiger partial charge in [0, 0.05) is 17.1 Å². The van der Waals surface area contributed by atoms with Gasteiger partial charge in [-0.1, -0.05) is 11.2 Å². The van der Waals surface area contributed by atoms with Crippen LogP contribution in [0.1, 0.15) is 18.4 Å². The zero-order valence-electron chi connectivity index (χ0n) is 11.7. The Labute approximate surface area is 126 Å². The van der Waals surface area contributed by atoms with Crippen molar-refractivity contribution < 1.29 is 4.52 Å². The van der Waals surface area contributed by atoms with E-state index in [9.17, 15) is 0 Å². The molecule has 1 atom stereocenters. The largest absolute Gasteiger partial charge is 0.337 e. The van der Waals surface area contributed by atoms with Gasteiger partial charge < -0.3 is 10.3 Å². The first-order valence-electron chi connectivity index (χ1n) is 6.71. The molecule has 0 aliphatic carbocycles. The second kappa shape index (κ2) is 6.24. The number of aromatic nitrogens is 3. The maximum Gasteiger partial charge on any atom is 0.243 e. The molecule has 1 aromatic carbocycles. The number of pyridine rings is 1. The Morgan fingerprint density at radius 3 is 3.10 bits per heavy atom. The van der Waals surface area contributed by atoms with E-state index in [0.717, 1.165) is 28.6 Å². The van der Waals surface area contributed by atoms with Crippen molar-refractivity contribution in [2.75, 3.05) is 12.0 Å². The molecule has 3 aromatic rings. The monoisotopic (exact) mass is 300 g/mol. The lowest BCUT2D eigenvalue weighted by Gasteiger charge is -2.03. The van der Waals surface area contributed by atoms with E-state index in [0.29, 0.717) is 11.7 Å². The van der Waals surface area contributed by atoms with E-state index in [4.69, 9.17) is 10.3 Å². The summed E-state index contributed by atoms with van der Waals surface area (Å²) in [5.41, 5.74) is 7.89. The van der Waals surface area contributed by atoms with Crippen LogP contribution in [0.2, 0.25) is 0 Å². The molecule has 108 valence electrons. The molecule has 0 saturated carbocycles. The van der Waals surface area contributed by atoms with Gasteiger partial charge in [-0.15, -0.1) is 0 Å². The molecule has 0 fully saturated rings. The van der Waals surface area contributed by atoms with Crippen molar-refractivity contribution in [2.45, 2.75) is 12.5 Å². The van der Waals surface area contributed by atoms with E-state index in [1.807, 2.05) is 30.3 Å². The predicted octanol–water partition coefficient (Wildman–Crippen LogP) is 3.04. The number of fused-ring (bicyclic) bond motifs is 1. The molecule has 2 N–H and O–H groups in total. The smallest absolute Gasteiger partial charge is 0.243 e. The average Bonchev–Trinajstić information content (AvgIpc) is 3.02. The molecule has 0 amide bonds. The van der Waals surface area contributed by atoms with E-state index in [1.165, 1.54) is 0 Å². The molecule has 0 radical (unpaired) electrons. The van der Waals surface area contributed by atoms with Crippen molar-refractivity contribution >= 4 is 22.7 Å². The molecule has 0 saturated heterocycles. The molecular formula is C15H16N4OS. The molecule has 2 heterocycles. The number of rotatable bonds is 5. The van der Waals surface area contributed by atoms with Crippen molar-refractivity contribution in [2.24, 2.45) is 5.73 Å². The minimum Gasteiger partial charge on any atom is -0.337 e. The van der Waals surface area contributed by atoms with Crippen molar-refractivity contribution in [1.82, 2.24) is 15.1 Å². The number of benzene rings is 1. The summed E-state index contributed by atoms with van der Waals surface area (Å²) in [7, 11) is 0. The highest BCUT2D eigenvalue weighted by molar-refractivity contribution is 7.98. The molecule has 0 aliphatic heterocycles. The second-order valence-electron chi connectivity index (χ2n) is 4.76. The maximum absolute atomic E-state index is 6.04. The molecular weight excluding hydrogens is 284 g/mol. The first-order chi connectivity index (χ1) is 10.3. The molecule has 21 heavy (non-hydrogen) atoms. The van der Waals surface area contributed by atoms with Gasteiger partial charge in [-0.25, -0.2) is 0 Å². The van der Waals surface area contributed by atoms with Crippen LogP contribution in [0.25, 0.3) is 22.3 Å². The minimum atomic E-state index is -0.208. The van der Waals surface area contributed by atoms with Gasteiger partial charge in [0.2, 0.25) is 11.7 Å². The fraction of sp³-hybridized carbons (Fsp3) is 0.267. The van der Waals surface area contributed by atoms with Crippen LogP contribution in [0.5, 0.6) is 0 Å². The van der Waals surface area contributed by atoms with Crippen molar-refractivity contribution in [3.05, 3.63) is 42.4 Å². The molecule has 6 heteroatoms. The highest BCUT2D eigenvalue weighted by Gasteiger charge is 2.15. The van der Waals surface area contributed by atoms with Crippen LogP contribution < -0.4 is 5.73 Å². The third kappa shape index (κ3) is 3.06. The number of hydrogen-bond donors (Lipinski definition) is 1. The summed E-state index contributed by atoms with van der Waals surface area (Å²) >= 11 is 1.75. The van der Waals surface area contributed by atoms with E-state index in [-0.39, 0.29) is 6.04 Å². The third-order valence-corrected chi connectivity index (χ3v) is 3.90. The van der Waals surface area contributed by atoms with Crippen LogP contribution in [0.3, 0.4) is 0 Å². The fourth-order valence-corrected chi connectivity index (χ4v) is 2.58. The summed E-state index contributed by atoms with van der Waals surface area (Å²) in [4.78, 5) is 8.70. The van der Waals surface area contributed by atoms with Gasteiger partial charge in [-0.3, -0.25) is 4.98 Å². The maximum atomic E-state index is 6.04. The Balaban J connectivity index is 1.87. The third-order valence-electron chi connectivity index (χ3n) is 3.25. The Hall–Kier alpha value is -1.92. The molecule has 0 aliphatic rings. The zero-order chi connectivity index (χ0) is 14.7. The van der Waals surface area contributed by atoms with Crippen molar-refractivity contribution in [3.8, 4) is 11.4 Å². The number of hydrogen-bond acceptors (Lipinski definition) is 6. The lowest BCUT2D eigenvalue weighted by atomic mass is 10.1. The van der Waals surface area contributed by atoms with Crippen LogP contribution in [0, 0.1) is 0 Å². The van der Waals surface area contributed by atoms with E-state index >= 15 is 0 Å². The number of thioether (sulfide) groups is 1. The van der Waals surface area contributed by atoms with Crippen LogP contribution in [-0.2, 0) is 0 Å². The standard InChI is InChI=1S/C15H16N4OS/c1-21-8-6-12(16)15-18-14(19-20-15)11-4-5-13-10(9-11)3-2-7-17-13/h2-5,7,9,12H,6,8,16H2,1H3/t12-/m1/s1. The van der Waals surface area contributed by atoms with Gasteiger partial charge in [0.25, 0.3) is 0 Å². The topological polar surface area (TPSA) is 77.8 Å². The van der Waals surface area contributed by atoms with Gasteiger partial charge in [-0.2, -0.15) is 16.7 Å².